The summed E-state index contributed by atoms with van der Waals surface area (Å²) < 4.78 is 1.73. The number of hydrogen-bond donors (Lipinski definition) is 1. The van der Waals surface area contributed by atoms with Crippen LogP contribution in [0.25, 0.3) is 4.96 Å². The zero-order chi connectivity index (χ0) is 15.5. The van der Waals surface area contributed by atoms with E-state index < -0.39 is 0 Å². The van der Waals surface area contributed by atoms with E-state index in [1.54, 1.807) is 4.52 Å². The van der Waals surface area contributed by atoms with Gasteiger partial charge >= 0.3 is 0 Å². The molecular formula is C15H17N5OS. The maximum absolute atomic E-state index is 11.9. The van der Waals surface area contributed by atoms with Crippen LogP contribution in [0.2, 0.25) is 0 Å². The molecule has 2 aromatic heterocycles. The highest BCUT2D eigenvalue weighted by Crippen LogP contribution is 2.13. The molecule has 0 radical (unpaired) electrons. The average Bonchev–Trinajstić information content (AvgIpc) is 3.01. The molecule has 3 aromatic rings. The number of carbonyl (C=O) groups is 1. The average molecular weight is 315 g/mol. The Balaban J connectivity index is 1.51. The minimum absolute atomic E-state index is 0.0322. The van der Waals surface area contributed by atoms with Crippen LogP contribution in [0.1, 0.15) is 22.0 Å². The van der Waals surface area contributed by atoms with Crippen LogP contribution in [0, 0.1) is 13.8 Å². The molecule has 1 aromatic carbocycles. The molecule has 7 heteroatoms. The second kappa shape index (κ2) is 6.23. The fraction of sp³-hybridized carbons (Fsp3) is 0.333. The second-order valence-electron chi connectivity index (χ2n) is 5.20. The Labute approximate surface area is 132 Å². The van der Waals surface area contributed by atoms with Crippen LogP contribution in [0.4, 0.5) is 0 Å². The number of hydrogen-bond acceptors (Lipinski definition) is 5. The van der Waals surface area contributed by atoms with E-state index in [0.29, 0.717) is 19.4 Å². The molecule has 114 valence electrons. The van der Waals surface area contributed by atoms with Gasteiger partial charge in [-0.15, -0.1) is 10.2 Å². The number of amides is 1. The van der Waals surface area contributed by atoms with E-state index >= 15 is 0 Å². The second-order valence-corrected chi connectivity index (χ2v) is 6.24. The Kier molecular flexibility index (Phi) is 4.15. The van der Waals surface area contributed by atoms with E-state index in [1.165, 1.54) is 16.9 Å². The van der Waals surface area contributed by atoms with E-state index in [9.17, 15) is 4.79 Å². The van der Waals surface area contributed by atoms with Gasteiger partial charge in [0.25, 0.3) is 0 Å². The van der Waals surface area contributed by atoms with E-state index in [2.05, 4.69) is 20.6 Å². The number of nitrogens with zero attached hydrogens (tertiary/aromatic N) is 4. The number of aryl methyl sites for hydroxylation is 2. The zero-order valence-electron chi connectivity index (χ0n) is 12.5. The summed E-state index contributed by atoms with van der Waals surface area (Å²) in [6.07, 6.45) is 1.11. The summed E-state index contributed by atoms with van der Waals surface area (Å²) in [6.45, 7) is 4.47. The van der Waals surface area contributed by atoms with Crippen molar-refractivity contribution < 1.29 is 4.79 Å². The molecular weight excluding hydrogens is 298 g/mol. The molecule has 2 heterocycles. The highest BCUT2D eigenvalue weighted by atomic mass is 32.1. The lowest BCUT2D eigenvalue weighted by atomic mass is 10.1. The van der Waals surface area contributed by atoms with Crippen molar-refractivity contribution in [2.45, 2.75) is 26.7 Å². The van der Waals surface area contributed by atoms with E-state index in [0.717, 1.165) is 21.4 Å². The molecule has 0 bridgehead atoms. The van der Waals surface area contributed by atoms with Crippen molar-refractivity contribution >= 4 is 22.2 Å². The molecule has 0 aliphatic heterocycles. The van der Waals surface area contributed by atoms with Crippen molar-refractivity contribution in [3.05, 3.63) is 46.2 Å². The normalized spacial score (nSPS) is 11.0. The van der Waals surface area contributed by atoms with Crippen molar-refractivity contribution in [2.75, 3.05) is 6.54 Å². The van der Waals surface area contributed by atoms with Gasteiger partial charge in [-0.2, -0.15) is 9.61 Å². The molecule has 0 atom stereocenters. The number of aromatic nitrogens is 4. The molecule has 0 aliphatic rings. The summed E-state index contributed by atoms with van der Waals surface area (Å²) in [5.41, 5.74) is 2.20. The third-order valence-electron chi connectivity index (χ3n) is 3.30. The van der Waals surface area contributed by atoms with Crippen LogP contribution in [-0.4, -0.2) is 32.3 Å². The Bertz CT molecular complexity index is 807. The number of carbonyl (C=O) groups excluding carboxylic acids is 1. The van der Waals surface area contributed by atoms with Gasteiger partial charge in [-0.25, -0.2) is 0 Å². The van der Waals surface area contributed by atoms with Gasteiger partial charge in [-0.05, 0) is 19.4 Å². The minimum Gasteiger partial charge on any atom is -0.355 e. The quantitative estimate of drug-likeness (QED) is 0.778. The number of rotatable bonds is 5. The topological polar surface area (TPSA) is 72.2 Å². The minimum atomic E-state index is 0.0322. The molecule has 0 fully saturated rings. The van der Waals surface area contributed by atoms with Gasteiger partial charge in [0, 0.05) is 13.0 Å². The summed E-state index contributed by atoms with van der Waals surface area (Å²) in [6, 6.07) is 8.00. The van der Waals surface area contributed by atoms with E-state index in [-0.39, 0.29) is 5.91 Å². The summed E-state index contributed by atoms with van der Waals surface area (Å²) in [4.78, 5) is 12.7. The standard InChI is InChI=1S/C15H17N5OS/c1-10-4-3-5-12(8-10)9-13(21)16-7-6-14-19-20-11(2)17-18-15(20)22-14/h3-5,8H,6-7,9H2,1-2H3,(H,16,21). The summed E-state index contributed by atoms with van der Waals surface area (Å²) in [5, 5.41) is 16.3. The van der Waals surface area contributed by atoms with Crippen LogP contribution >= 0.6 is 11.3 Å². The first kappa shape index (κ1) is 14.6. The van der Waals surface area contributed by atoms with Gasteiger partial charge < -0.3 is 5.32 Å². The first-order valence-corrected chi connectivity index (χ1v) is 7.93. The van der Waals surface area contributed by atoms with Crippen molar-refractivity contribution in [1.82, 2.24) is 25.1 Å². The summed E-state index contributed by atoms with van der Waals surface area (Å²) >= 11 is 1.50. The number of nitrogens with one attached hydrogen (secondary N) is 1. The third kappa shape index (κ3) is 3.30. The molecule has 1 N–H and O–H groups in total. The highest BCUT2D eigenvalue weighted by molar-refractivity contribution is 7.16. The van der Waals surface area contributed by atoms with Gasteiger partial charge in [0.05, 0.1) is 6.42 Å². The third-order valence-corrected chi connectivity index (χ3v) is 4.26. The van der Waals surface area contributed by atoms with Crippen LogP contribution in [0.5, 0.6) is 0 Å². The number of fused-ring (bicyclic) bond motifs is 1. The van der Waals surface area contributed by atoms with Gasteiger partial charge in [0.15, 0.2) is 5.82 Å². The molecule has 0 aliphatic carbocycles. The lowest BCUT2D eigenvalue weighted by Gasteiger charge is -2.04. The smallest absolute Gasteiger partial charge is 0.234 e. The molecule has 6 nitrogen and oxygen atoms in total. The van der Waals surface area contributed by atoms with Crippen LogP contribution < -0.4 is 5.32 Å². The SMILES string of the molecule is Cc1cccc(CC(=O)NCCc2nn3c(C)nnc3s2)c1. The highest BCUT2D eigenvalue weighted by Gasteiger charge is 2.09. The first-order chi connectivity index (χ1) is 10.6. The van der Waals surface area contributed by atoms with Crippen molar-refractivity contribution in [3.8, 4) is 0 Å². The maximum atomic E-state index is 11.9. The van der Waals surface area contributed by atoms with Gasteiger partial charge in [-0.1, -0.05) is 41.2 Å². The van der Waals surface area contributed by atoms with Crippen LogP contribution in [0.3, 0.4) is 0 Å². The fourth-order valence-corrected chi connectivity index (χ4v) is 3.11. The zero-order valence-corrected chi connectivity index (χ0v) is 13.4. The van der Waals surface area contributed by atoms with Crippen LogP contribution in [0.15, 0.2) is 24.3 Å². The first-order valence-electron chi connectivity index (χ1n) is 7.12. The molecule has 22 heavy (non-hydrogen) atoms. The maximum Gasteiger partial charge on any atom is 0.234 e. The molecule has 0 unspecified atom stereocenters. The Morgan fingerprint density at radius 2 is 2.18 bits per heavy atom. The van der Waals surface area contributed by atoms with E-state index in [4.69, 9.17) is 0 Å². The monoisotopic (exact) mass is 315 g/mol. The van der Waals surface area contributed by atoms with Crippen molar-refractivity contribution in [2.24, 2.45) is 0 Å². The van der Waals surface area contributed by atoms with E-state index in [1.807, 2.05) is 38.1 Å². The van der Waals surface area contributed by atoms with Crippen LogP contribution in [-0.2, 0) is 17.6 Å². The van der Waals surface area contributed by atoms with Gasteiger partial charge in [-0.3, -0.25) is 4.79 Å². The Hall–Kier alpha value is -2.28. The lowest BCUT2D eigenvalue weighted by Crippen LogP contribution is -2.27. The molecule has 0 spiro atoms. The van der Waals surface area contributed by atoms with Crippen molar-refractivity contribution in [3.63, 3.8) is 0 Å². The largest absolute Gasteiger partial charge is 0.355 e. The Morgan fingerprint density at radius 3 is 2.95 bits per heavy atom. The predicted octanol–water partition coefficient (Wildman–Crippen LogP) is 1.70. The summed E-state index contributed by atoms with van der Waals surface area (Å²) in [7, 11) is 0. The van der Waals surface area contributed by atoms with Gasteiger partial charge in [0.2, 0.25) is 10.9 Å². The molecule has 0 saturated heterocycles. The van der Waals surface area contributed by atoms with Gasteiger partial charge in [0.1, 0.15) is 5.01 Å². The Morgan fingerprint density at radius 1 is 1.32 bits per heavy atom. The molecule has 0 saturated carbocycles. The lowest BCUT2D eigenvalue weighted by molar-refractivity contribution is -0.120. The number of benzene rings is 1. The molecule has 1 amide bonds. The molecule has 3 rings (SSSR count). The summed E-state index contributed by atoms with van der Waals surface area (Å²) in [5.74, 6) is 0.811. The van der Waals surface area contributed by atoms with Crippen molar-refractivity contribution in [1.29, 1.82) is 0 Å². The fourth-order valence-electron chi connectivity index (χ4n) is 2.23. The predicted molar refractivity (Wildman–Crippen MR) is 85.0 cm³/mol.